The Balaban J connectivity index is 1.25. The van der Waals surface area contributed by atoms with Crippen molar-refractivity contribution >= 4 is 45.5 Å². The Hall–Kier alpha value is -3.23. The summed E-state index contributed by atoms with van der Waals surface area (Å²) in [5, 5.41) is 1.83. The number of fused-ring (bicyclic) bond motifs is 1. The van der Waals surface area contributed by atoms with Crippen LogP contribution in [0.5, 0.6) is 0 Å². The van der Waals surface area contributed by atoms with Gasteiger partial charge in [0, 0.05) is 61.9 Å². The number of aryl methyl sites for hydroxylation is 1. The lowest BCUT2D eigenvalue weighted by Crippen LogP contribution is -2.49. The quantitative estimate of drug-likeness (QED) is 0.400. The van der Waals surface area contributed by atoms with Crippen molar-refractivity contribution in [2.24, 2.45) is 4.99 Å². The number of hydrogen-bond acceptors (Lipinski definition) is 7. The van der Waals surface area contributed by atoms with E-state index < -0.39 is 0 Å². The minimum atomic E-state index is -0.148. The molecule has 0 bridgehead atoms. The summed E-state index contributed by atoms with van der Waals surface area (Å²) in [5.41, 5.74) is 6.40. The summed E-state index contributed by atoms with van der Waals surface area (Å²) in [7, 11) is 0. The number of benzene rings is 2. The first kappa shape index (κ1) is 26.0. The molecule has 0 N–H and O–H groups in total. The van der Waals surface area contributed by atoms with E-state index in [1.807, 2.05) is 18.2 Å². The number of rotatable bonds is 4. The first-order valence-corrected chi connectivity index (χ1v) is 14.9. The topological polar surface area (TPSA) is 64.9 Å². The zero-order chi connectivity index (χ0) is 26.9. The number of piperidine rings is 1. The van der Waals surface area contributed by atoms with Crippen LogP contribution < -0.4 is 4.90 Å². The van der Waals surface area contributed by atoms with Crippen molar-refractivity contribution in [3.8, 4) is 11.3 Å². The zero-order valence-corrected chi connectivity index (χ0v) is 23.9. The van der Waals surface area contributed by atoms with Crippen LogP contribution in [0.3, 0.4) is 0 Å². The number of hydrogen-bond donors (Lipinski definition) is 0. The largest absolute Gasteiger partial charge is 0.369 e. The lowest BCUT2D eigenvalue weighted by atomic mass is 10.0. The molecule has 4 heterocycles. The normalized spacial score (nSPS) is 19.9. The molecule has 2 saturated heterocycles. The first-order valence-electron chi connectivity index (χ1n) is 14.1. The fourth-order valence-electron chi connectivity index (χ4n) is 5.80. The van der Waals surface area contributed by atoms with Crippen LogP contribution in [-0.4, -0.2) is 76.2 Å². The van der Waals surface area contributed by atoms with Crippen molar-refractivity contribution in [2.75, 3.05) is 44.2 Å². The van der Waals surface area contributed by atoms with Gasteiger partial charge in [0.25, 0.3) is 5.91 Å². The number of nitrogens with zero attached hydrogens (tertiary/aromatic N) is 6. The van der Waals surface area contributed by atoms with Crippen molar-refractivity contribution in [1.82, 2.24) is 19.8 Å². The van der Waals surface area contributed by atoms with Crippen LogP contribution in [0.4, 0.5) is 5.69 Å². The highest BCUT2D eigenvalue weighted by Gasteiger charge is 2.27. The van der Waals surface area contributed by atoms with Crippen molar-refractivity contribution in [2.45, 2.75) is 46.1 Å². The maximum atomic E-state index is 12.7. The molecule has 1 amide bonds. The Morgan fingerprint density at radius 1 is 0.897 bits per heavy atom. The molecule has 3 aromatic rings. The Morgan fingerprint density at radius 2 is 1.69 bits per heavy atom. The molecule has 2 fully saturated rings. The summed E-state index contributed by atoms with van der Waals surface area (Å²) in [6.07, 6.45) is 7.17. The molecule has 0 saturated carbocycles. The molecule has 39 heavy (non-hydrogen) atoms. The number of aliphatic imine (C=N–C) groups is 1. The Bertz CT molecular complexity index is 1450. The standard InChI is InChI=1S/C31H36N6OS/c1-21(2)35-13-15-36(16-14-35)27-10-8-24(17-22(27)3)29-25-18-23(7-9-26(25)32-20-33-29)19-28-30(38)34-31(39-28)37-11-5-4-6-12-37/h7-10,17-21H,4-6,11-16H2,1-3H3. The van der Waals surface area contributed by atoms with E-state index in [-0.39, 0.29) is 5.91 Å². The maximum absolute atomic E-state index is 12.7. The summed E-state index contributed by atoms with van der Waals surface area (Å²) >= 11 is 1.49. The molecule has 0 atom stereocenters. The third kappa shape index (κ3) is 5.45. The number of aromatic nitrogens is 2. The lowest BCUT2D eigenvalue weighted by Gasteiger charge is -2.38. The highest BCUT2D eigenvalue weighted by Crippen LogP contribution is 2.34. The third-order valence-electron chi connectivity index (χ3n) is 8.05. The molecular weight excluding hydrogens is 504 g/mol. The molecule has 3 aliphatic rings. The van der Waals surface area contributed by atoms with Crippen LogP contribution in [0, 0.1) is 6.92 Å². The van der Waals surface area contributed by atoms with Crippen LogP contribution in [0.25, 0.3) is 28.2 Å². The smallest absolute Gasteiger partial charge is 0.286 e. The van der Waals surface area contributed by atoms with Crippen molar-refractivity contribution in [3.63, 3.8) is 0 Å². The summed E-state index contributed by atoms with van der Waals surface area (Å²) in [5.74, 6) is -0.148. The van der Waals surface area contributed by atoms with E-state index in [2.05, 4.69) is 69.7 Å². The predicted molar refractivity (Wildman–Crippen MR) is 162 cm³/mol. The van der Waals surface area contributed by atoms with E-state index >= 15 is 0 Å². The maximum Gasteiger partial charge on any atom is 0.286 e. The second-order valence-electron chi connectivity index (χ2n) is 11.0. The van der Waals surface area contributed by atoms with Gasteiger partial charge >= 0.3 is 0 Å². The summed E-state index contributed by atoms with van der Waals surface area (Å²) in [4.78, 5) is 34.2. The molecule has 3 aliphatic heterocycles. The van der Waals surface area contributed by atoms with Gasteiger partial charge in [0.1, 0.15) is 6.33 Å². The highest BCUT2D eigenvalue weighted by molar-refractivity contribution is 8.18. The van der Waals surface area contributed by atoms with Crippen molar-refractivity contribution in [3.05, 3.63) is 58.8 Å². The Labute approximate surface area is 235 Å². The average Bonchev–Trinajstić information content (AvgIpc) is 3.33. The van der Waals surface area contributed by atoms with E-state index in [1.54, 1.807) is 6.33 Å². The molecule has 7 nitrogen and oxygen atoms in total. The molecule has 0 spiro atoms. The van der Waals surface area contributed by atoms with E-state index in [1.165, 1.54) is 29.4 Å². The van der Waals surface area contributed by atoms with Gasteiger partial charge in [-0.25, -0.2) is 9.97 Å². The zero-order valence-electron chi connectivity index (χ0n) is 23.1. The molecule has 0 aliphatic carbocycles. The third-order valence-corrected chi connectivity index (χ3v) is 9.09. The number of carbonyl (C=O) groups is 1. The minimum absolute atomic E-state index is 0.148. The molecule has 2 aromatic carbocycles. The number of likely N-dealkylation sites (tertiary alicyclic amines) is 1. The fraction of sp³-hybridized carbons (Fsp3) is 0.419. The van der Waals surface area contributed by atoms with Crippen molar-refractivity contribution in [1.29, 1.82) is 0 Å². The molecule has 8 heteroatoms. The van der Waals surface area contributed by atoms with Gasteiger partial charge in [0.2, 0.25) is 0 Å². The minimum Gasteiger partial charge on any atom is -0.369 e. The van der Waals surface area contributed by atoms with Gasteiger partial charge < -0.3 is 9.80 Å². The summed E-state index contributed by atoms with van der Waals surface area (Å²) in [6, 6.07) is 13.4. The van der Waals surface area contributed by atoms with E-state index in [0.717, 1.165) is 85.0 Å². The van der Waals surface area contributed by atoms with Crippen LogP contribution in [-0.2, 0) is 4.79 Å². The van der Waals surface area contributed by atoms with E-state index in [9.17, 15) is 4.79 Å². The highest BCUT2D eigenvalue weighted by atomic mass is 32.2. The van der Waals surface area contributed by atoms with Crippen LogP contribution in [0.2, 0.25) is 0 Å². The number of amidine groups is 1. The van der Waals surface area contributed by atoms with Crippen molar-refractivity contribution < 1.29 is 4.79 Å². The van der Waals surface area contributed by atoms with Crippen LogP contribution in [0.1, 0.15) is 44.2 Å². The number of thioether (sulfide) groups is 1. The predicted octanol–water partition coefficient (Wildman–Crippen LogP) is 5.59. The molecule has 0 unspecified atom stereocenters. The molecular formula is C31H36N6OS. The number of piperazine rings is 1. The molecule has 202 valence electrons. The summed E-state index contributed by atoms with van der Waals surface area (Å²) in [6.45, 7) is 13.0. The lowest BCUT2D eigenvalue weighted by molar-refractivity contribution is -0.113. The van der Waals surface area contributed by atoms with Gasteiger partial charge in [-0.3, -0.25) is 9.69 Å². The Kier molecular flexibility index (Phi) is 7.40. The SMILES string of the molecule is Cc1cc(-c2ncnc3ccc(C=C4SC(N5CCCCC5)=NC4=O)cc23)ccc1N1CCN(C(C)C)CC1. The molecule has 1 aromatic heterocycles. The number of carbonyl (C=O) groups excluding carboxylic acids is 1. The fourth-order valence-corrected chi connectivity index (χ4v) is 6.77. The average molecular weight is 541 g/mol. The van der Waals surface area contributed by atoms with E-state index in [0.29, 0.717) is 10.9 Å². The Morgan fingerprint density at radius 3 is 2.44 bits per heavy atom. The van der Waals surface area contributed by atoms with Crippen LogP contribution >= 0.6 is 11.8 Å². The van der Waals surface area contributed by atoms with Gasteiger partial charge in [-0.05, 0) is 93.3 Å². The molecule has 6 rings (SSSR count). The second-order valence-corrected chi connectivity index (χ2v) is 12.0. The monoisotopic (exact) mass is 540 g/mol. The van der Waals surface area contributed by atoms with Gasteiger partial charge in [-0.15, -0.1) is 0 Å². The number of amides is 1. The summed E-state index contributed by atoms with van der Waals surface area (Å²) < 4.78 is 0. The second kappa shape index (κ2) is 11.1. The molecule has 0 radical (unpaired) electrons. The van der Waals surface area contributed by atoms with Crippen LogP contribution in [0.15, 0.2) is 52.6 Å². The number of anilines is 1. The van der Waals surface area contributed by atoms with E-state index in [4.69, 9.17) is 4.98 Å². The van der Waals surface area contributed by atoms with Gasteiger partial charge in [0.15, 0.2) is 5.17 Å². The van der Waals surface area contributed by atoms with Gasteiger partial charge in [0.05, 0.1) is 16.1 Å². The first-order chi connectivity index (χ1) is 19.0. The van der Waals surface area contributed by atoms with Gasteiger partial charge in [-0.1, -0.05) is 12.1 Å². The van der Waals surface area contributed by atoms with Gasteiger partial charge in [-0.2, -0.15) is 4.99 Å².